The molecule has 1 aromatic rings. The van der Waals surface area contributed by atoms with Gasteiger partial charge in [0.05, 0.1) is 12.2 Å². The number of anilines is 1. The number of alkyl halides is 3. The smallest absolute Gasteiger partial charge is 0.409 e. The average Bonchev–Trinajstić information content (AvgIpc) is 2.46. The first-order valence-corrected chi connectivity index (χ1v) is 6.12. The Morgan fingerprint density at radius 2 is 2.14 bits per heavy atom. The van der Waals surface area contributed by atoms with Gasteiger partial charge in [-0.15, -0.1) is 0 Å². The Bertz CT molecular complexity index is 463. The van der Waals surface area contributed by atoms with Gasteiger partial charge in [0.15, 0.2) is 0 Å². The summed E-state index contributed by atoms with van der Waals surface area (Å²) in [6.45, 7) is 1.14. The van der Waals surface area contributed by atoms with Crippen molar-refractivity contribution < 1.29 is 23.1 Å². The number of methoxy groups -OCH3 is 1. The fourth-order valence-corrected chi connectivity index (χ4v) is 1.58. The van der Waals surface area contributed by atoms with Gasteiger partial charge in [0.25, 0.3) is 0 Å². The van der Waals surface area contributed by atoms with E-state index in [1.54, 1.807) is 4.90 Å². The summed E-state index contributed by atoms with van der Waals surface area (Å²) >= 11 is 0. The zero-order valence-electron chi connectivity index (χ0n) is 11.5. The number of halogens is 3. The molecule has 1 aromatic heterocycles. The maximum Gasteiger partial charge on any atom is 0.417 e. The number of amidine groups is 1. The van der Waals surface area contributed by atoms with Gasteiger partial charge < -0.3 is 20.6 Å². The summed E-state index contributed by atoms with van der Waals surface area (Å²) in [5, 5.41) is 11.3. The molecule has 3 N–H and O–H groups in total. The van der Waals surface area contributed by atoms with Crippen LogP contribution < -0.4 is 10.6 Å². The van der Waals surface area contributed by atoms with Crippen molar-refractivity contribution in [2.45, 2.75) is 12.6 Å². The minimum atomic E-state index is -4.42. The fourth-order valence-electron chi connectivity index (χ4n) is 1.58. The standard InChI is InChI=1S/C12H17F3N4O2/c1-21-7-6-19(5-4-10(16)18-20)11-3-2-9(8-17-11)12(13,14)15/h2-3,8,20H,4-7H2,1H3,(H2,16,18). The Morgan fingerprint density at radius 3 is 2.62 bits per heavy atom. The first-order chi connectivity index (χ1) is 9.88. The lowest BCUT2D eigenvalue weighted by molar-refractivity contribution is -0.137. The molecule has 21 heavy (non-hydrogen) atoms. The molecule has 0 saturated carbocycles. The van der Waals surface area contributed by atoms with E-state index in [4.69, 9.17) is 15.7 Å². The van der Waals surface area contributed by atoms with Gasteiger partial charge in [-0.1, -0.05) is 5.16 Å². The second kappa shape index (κ2) is 7.67. The molecule has 0 amide bonds. The molecule has 0 unspecified atom stereocenters. The molecule has 1 rings (SSSR count). The van der Waals surface area contributed by atoms with Crippen molar-refractivity contribution >= 4 is 11.7 Å². The fraction of sp³-hybridized carbons (Fsp3) is 0.500. The Balaban J connectivity index is 2.82. The normalized spacial score (nSPS) is 12.5. The number of pyridine rings is 1. The van der Waals surface area contributed by atoms with Crippen molar-refractivity contribution in [1.29, 1.82) is 0 Å². The lowest BCUT2D eigenvalue weighted by Gasteiger charge is -2.23. The highest BCUT2D eigenvalue weighted by Crippen LogP contribution is 2.29. The SMILES string of the molecule is COCCN(CCC(N)=NO)c1ccc(C(F)(F)F)cn1. The molecule has 0 aromatic carbocycles. The zero-order valence-corrected chi connectivity index (χ0v) is 11.5. The second-order valence-corrected chi connectivity index (χ2v) is 4.22. The van der Waals surface area contributed by atoms with Gasteiger partial charge in [-0.25, -0.2) is 4.98 Å². The molecule has 0 saturated heterocycles. The second-order valence-electron chi connectivity index (χ2n) is 4.22. The van der Waals surface area contributed by atoms with Gasteiger partial charge in [-0.3, -0.25) is 0 Å². The lowest BCUT2D eigenvalue weighted by atomic mass is 10.2. The van der Waals surface area contributed by atoms with Gasteiger partial charge in [0.1, 0.15) is 11.7 Å². The first-order valence-electron chi connectivity index (χ1n) is 6.12. The molecule has 0 atom stereocenters. The van der Waals surface area contributed by atoms with Crippen LogP contribution in [-0.4, -0.2) is 42.8 Å². The highest BCUT2D eigenvalue weighted by molar-refractivity contribution is 5.80. The molecular weight excluding hydrogens is 289 g/mol. The van der Waals surface area contributed by atoms with Crippen molar-refractivity contribution in [2.75, 3.05) is 31.7 Å². The molecule has 0 aliphatic heterocycles. The van der Waals surface area contributed by atoms with Crippen LogP contribution in [0.4, 0.5) is 19.0 Å². The molecule has 0 radical (unpaired) electrons. The number of nitrogens with two attached hydrogens (primary N) is 1. The zero-order chi connectivity index (χ0) is 15.9. The summed E-state index contributed by atoms with van der Waals surface area (Å²) in [5.41, 5.74) is 4.57. The number of hydrogen-bond acceptors (Lipinski definition) is 5. The predicted octanol–water partition coefficient (Wildman–Crippen LogP) is 1.69. The number of rotatable bonds is 7. The highest BCUT2D eigenvalue weighted by atomic mass is 19.4. The van der Waals surface area contributed by atoms with Crippen LogP contribution in [0, 0.1) is 0 Å². The monoisotopic (exact) mass is 306 g/mol. The summed E-state index contributed by atoms with van der Waals surface area (Å²) in [6.07, 6.45) is -3.39. The summed E-state index contributed by atoms with van der Waals surface area (Å²) in [4.78, 5) is 5.51. The topological polar surface area (TPSA) is 84.0 Å². The van der Waals surface area contributed by atoms with Crippen LogP contribution in [0.3, 0.4) is 0 Å². The summed E-state index contributed by atoms with van der Waals surface area (Å²) < 4.78 is 42.4. The van der Waals surface area contributed by atoms with Crippen LogP contribution in [0.15, 0.2) is 23.5 Å². The number of ether oxygens (including phenoxy) is 1. The van der Waals surface area contributed by atoms with Crippen LogP contribution in [0.5, 0.6) is 0 Å². The van der Waals surface area contributed by atoms with Gasteiger partial charge in [0.2, 0.25) is 0 Å². The van der Waals surface area contributed by atoms with E-state index in [0.29, 0.717) is 25.5 Å². The van der Waals surface area contributed by atoms with Crippen molar-refractivity contribution in [2.24, 2.45) is 10.9 Å². The van der Waals surface area contributed by atoms with Crippen molar-refractivity contribution in [3.63, 3.8) is 0 Å². The number of hydrogen-bond donors (Lipinski definition) is 2. The third-order valence-corrected chi connectivity index (χ3v) is 2.73. The van der Waals surface area contributed by atoms with Crippen molar-refractivity contribution in [3.8, 4) is 0 Å². The Labute approximate surface area is 120 Å². The highest BCUT2D eigenvalue weighted by Gasteiger charge is 2.30. The molecule has 6 nitrogen and oxygen atoms in total. The van der Waals surface area contributed by atoms with E-state index < -0.39 is 11.7 Å². The van der Waals surface area contributed by atoms with E-state index in [0.717, 1.165) is 12.3 Å². The number of oxime groups is 1. The number of nitrogens with zero attached hydrogens (tertiary/aromatic N) is 3. The predicted molar refractivity (Wildman–Crippen MR) is 71.4 cm³/mol. The van der Waals surface area contributed by atoms with Gasteiger partial charge >= 0.3 is 6.18 Å². The minimum Gasteiger partial charge on any atom is -0.409 e. The molecule has 1 heterocycles. The van der Waals surface area contributed by atoms with E-state index >= 15 is 0 Å². The molecule has 0 spiro atoms. The van der Waals surface area contributed by atoms with Gasteiger partial charge in [-0.05, 0) is 12.1 Å². The lowest BCUT2D eigenvalue weighted by Crippen LogP contribution is -2.31. The van der Waals surface area contributed by atoms with Crippen molar-refractivity contribution in [1.82, 2.24) is 4.98 Å². The summed E-state index contributed by atoms with van der Waals surface area (Å²) in [6, 6.07) is 2.25. The molecule has 0 fully saturated rings. The van der Waals surface area contributed by atoms with E-state index in [9.17, 15) is 13.2 Å². The third kappa shape index (κ3) is 5.46. The molecular formula is C12H17F3N4O2. The first kappa shape index (κ1) is 17.0. The maximum absolute atomic E-state index is 12.5. The summed E-state index contributed by atoms with van der Waals surface area (Å²) in [7, 11) is 1.52. The Kier molecular flexibility index (Phi) is 6.22. The number of aromatic nitrogens is 1. The van der Waals surface area contributed by atoms with Crippen LogP contribution in [0.1, 0.15) is 12.0 Å². The van der Waals surface area contributed by atoms with Gasteiger partial charge in [0, 0.05) is 32.8 Å². The quantitative estimate of drug-likeness (QED) is 0.347. The molecule has 0 aliphatic carbocycles. The molecule has 0 bridgehead atoms. The van der Waals surface area contributed by atoms with Crippen molar-refractivity contribution in [3.05, 3.63) is 23.9 Å². The maximum atomic E-state index is 12.5. The van der Waals surface area contributed by atoms with Crippen LogP contribution in [0.25, 0.3) is 0 Å². The average molecular weight is 306 g/mol. The third-order valence-electron chi connectivity index (χ3n) is 2.73. The minimum absolute atomic E-state index is 0.0318. The van der Waals surface area contributed by atoms with E-state index in [1.165, 1.54) is 13.2 Å². The van der Waals surface area contributed by atoms with E-state index in [-0.39, 0.29) is 12.3 Å². The Morgan fingerprint density at radius 1 is 1.43 bits per heavy atom. The van der Waals surface area contributed by atoms with E-state index in [1.807, 2.05) is 0 Å². The van der Waals surface area contributed by atoms with Crippen LogP contribution in [0.2, 0.25) is 0 Å². The van der Waals surface area contributed by atoms with Crippen LogP contribution >= 0.6 is 0 Å². The largest absolute Gasteiger partial charge is 0.417 e. The molecule has 9 heteroatoms. The van der Waals surface area contributed by atoms with Crippen LogP contribution in [-0.2, 0) is 10.9 Å². The van der Waals surface area contributed by atoms with Gasteiger partial charge in [-0.2, -0.15) is 13.2 Å². The Hall–Kier alpha value is -2.03. The van der Waals surface area contributed by atoms with E-state index in [2.05, 4.69) is 10.1 Å². The summed E-state index contributed by atoms with van der Waals surface area (Å²) in [5.74, 6) is 0.398. The molecule has 0 aliphatic rings. The molecule has 118 valence electrons.